The second kappa shape index (κ2) is 10.9. The molecule has 168 valence electrons. The van der Waals surface area contributed by atoms with Gasteiger partial charge in [-0.05, 0) is 70.0 Å². The number of ether oxygens (including phenoxy) is 3. The van der Waals surface area contributed by atoms with Gasteiger partial charge in [-0.15, -0.1) is 0 Å². The van der Waals surface area contributed by atoms with Gasteiger partial charge in [-0.3, -0.25) is 4.79 Å². The van der Waals surface area contributed by atoms with Gasteiger partial charge >= 0.3 is 0 Å². The van der Waals surface area contributed by atoms with E-state index in [-0.39, 0.29) is 17.8 Å². The van der Waals surface area contributed by atoms with Gasteiger partial charge in [0.15, 0.2) is 11.5 Å². The zero-order valence-electron chi connectivity index (χ0n) is 18.4. The molecule has 1 N–H and O–H groups in total. The fourth-order valence-electron chi connectivity index (χ4n) is 3.70. The maximum absolute atomic E-state index is 13.2. The molecule has 0 spiro atoms. The summed E-state index contributed by atoms with van der Waals surface area (Å²) in [7, 11) is 0. The van der Waals surface area contributed by atoms with Gasteiger partial charge in [0.25, 0.3) is 5.91 Å². The van der Waals surface area contributed by atoms with Crippen LogP contribution in [0.5, 0.6) is 17.2 Å². The second-order valence-electron chi connectivity index (χ2n) is 7.32. The summed E-state index contributed by atoms with van der Waals surface area (Å²) >= 11 is 0. The Morgan fingerprint density at radius 2 is 1.52 bits per heavy atom. The normalized spacial score (nSPS) is 14.3. The summed E-state index contributed by atoms with van der Waals surface area (Å²) in [6, 6.07) is 10.1. The highest BCUT2D eigenvalue weighted by Gasteiger charge is 2.26. The molecule has 1 amide bonds. The zero-order chi connectivity index (χ0) is 22.2. The summed E-state index contributed by atoms with van der Waals surface area (Å²) in [6.45, 7) is 8.36. The highest BCUT2D eigenvalue weighted by atomic mass is 19.1. The Morgan fingerprint density at radius 1 is 0.968 bits per heavy atom. The number of carbonyl (C=O) groups is 1. The molecular weight excluding hydrogens is 399 g/mol. The van der Waals surface area contributed by atoms with Crippen LogP contribution in [-0.4, -0.2) is 49.8 Å². The molecule has 6 nitrogen and oxygen atoms in total. The molecular formula is C24H31FN2O4. The summed E-state index contributed by atoms with van der Waals surface area (Å²) in [4.78, 5) is 15.0. The van der Waals surface area contributed by atoms with Crippen LogP contribution >= 0.6 is 0 Å². The third-order valence-electron chi connectivity index (χ3n) is 5.15. The van der Waals surface area contributed by atoms with Gasteiger partial charge < -0.3 is 24.4 Å². The van der Waals surface area contributed by atoms with E-state index >= 15 is 0 Å². The lowest BCUT2D eigenvalue weighted by molar-refractivity contribution is 0.0717. The van der Waals surface area contributed by atoms with E-state index < -0.39 is 0 Å². The van der Waals surface area contributed by atoms with Crippen molar-refractivity contribution in [3.63, 3.8) is 0 Å². The standard InChI is InChI=1S/C24H31FN2O4/c1-4-29-21-15-17(16-22(30-5-2)23(21)31-6-3)24(28)27-13-11-20(12-14-27)26-19-9-7-18(25)8-10-19/h7-10,15-16,20,26H,4-6,11-14H2,1-3H3. The summed E-state index contributed by atoms with van der Waals surface area (Å²) in [5.74, 6) is 1.27. The van der Waals surface area contributed by atoms with Crippen LogP contribution in [0, 0.1) is 5.82 Å². The summed E-state index contributed by atoms with van der Waals surface area (Å²) in [5, 5.41) is 3.42. The Bertz CT molecular complexity index is 837. The monoisotopic (exact) mass is 430 g/mol. The number of nitrogens with one attached hydrogen (secondary N) is 1. The molecule has 2 aromatic carbocycles. The van der Waals surface area contributed by atoms with Crippen LogP contribution in [0.3, 0.4) is 0 Å². The van der Waals surface area contributed by atoms with E-state index in [0.29, 0.717) is 55.7 Å². The summed E-state index contributed by atoms with van der Waals surface area (Å²) < 4.78 is 30.3. The van der Waals surface area contributed by atoms with E-state index in [4.69, 9.17) is 14.2 Å². The third kappa shape index (κ3) is 5.81. The molecule has 0 atom stereocenters. The van der Waals surface area contributed by atoms with Crippen molar-refractivity contribution < 1.29 is 23.4 Å². The van der Waals surface area contributed by atoms with Crippen LogP contribution in [0.15, 0.2) is 36.4 Å². The molecule has 0 bridgehead atoms. The van der Waals surface area contributed by atoms with Gasteiger partial charge in [0, 0.05) is 30.4 Å². The number of carbonyl (C=O) groups excluding carboxylic acids is 1. The zero-order valence-corrected chi connectivity index (χ0v) is 18.4. The third-order valence-corrected chi connectivity index (χ3v) is 5.15. The topological polar surface area (TPSA) is 60.0 Å². The number of likely N-dealkylation sites (tertiary alicyclic amines) is 1. The predicted octanol–water partition coefficient (Wildman–Crippen LogP) is 4.74. The van der Waals surface area contributed by atoms with Crippen molar-refractivity contribution >= 4 is 11.6 Å². The lowest BCUT2D eigenvalue weighted by atomic mass is 10.0. The first kappa shape index (κ1) is 22.7. The van der Waals surface area contributed by atoms with Gasteiger partial charge in [-0.25, -0.2) is 4.39 Å². The van der Waals surface area contributed by atoms with Crippen molar-refractivity contribution in [3.05, 3.63) is 47.8 Å². The van der Waals surface area contributed by atoms with Crippen LogP contribution in [0.4, 0.5) is 10.1 Å². The molecule has 2 aromatic rings. The Kier molecular flexibility index (Phi) is 7.98. The highest BCUT2D eigenvalue weighted by Crippen LogP contribution is 2.39. The Hall–Kier alpha value is -2.96. The van der Waals surface area contributed by atoms with E-state index in [1.807, 2.05) is 25.7 Å². The Morgan fingerprint density at radius 3 is 2.03 bits per heavy atom. The minimum atomic E-state index is -0.251. The van der Waals surface area contributed by atoms with Crippen molar-refractivity contribution in [2.45, 2.75) is 39.7 Å². The average Bonchev–Trinajstić information content (AvgIpc) is 2.78. The largest absolute Gasteiger partial charge is 0.490 e. The highest BCUT2D eigenvalue weighted by molar-refractivity contribution is 5.95. The van der Waals surface area contributed by atoms with E-state index in [9.17, 15) is 9.18 Å². The Labute approximate surface area is 183 Å². The van der Waals surface area contributed by atoms with Crippen molar-refractivity contribution in [2.75, 3.05) is 38.2 Å². The number of piperidine rings is 1. The molecule has 31 heavy (non-hydrogen) atoms. The molecule has 0 aromatic heterocycles. The molecule has 0 unspecified atom stereocenters. The van der Waals surface area contributed by atoms with Crippen LogP contribution in [0.2, 0.25) is 0 Å². The number of halogens is 1. The van der Waals surface area contributed by atoms with Crippen LogP contribution in [0.1, 0.15) is 44.0 Å². The van der Waals surface area contributed by atoms with Gasteiger partial charge in [0.1, 0.15) is 5.82 Å². The molecule has 7 heteroatoms. The first-order valence-electron chi connectivity index (χ1n) is 10.9. The maximum Gasteiger partial charge on any atom is 0.254 e. The quantitative estimate of drug-likeness (QED) is 0.623. The van der Waals surface area contributed by atoms with E-state index in [1.54, 1.807) is 24.3 Å². The molecule has 1 aliphatic heterocycles. The minimum Gasteiger partial charge on any atom is -0.490 e. The predicted molar refractivity (Wildman–Crippen MR) is 119 cm³/mol. The average molecular weight is 431 g/mol. The SMILES string of the molecule is CCOc1cc(C(=O)N2CCC(Nc3ccc(F)cc3)CC2)cc(OCC)c1OCC. The van der Waals surface area contributed by atoms with E-state index in [2.05, 4.69) is 5.32 Å². The first-order valence-corrected chi connectivity index (χ1v) is 10.9. The summed E-state index contributed by atoms with van der Waals surface area (Å²) in [6.07, 6.45) is 1.63. The fraction of sp³-hybridized carbons (Fsp3) is 0.458. The van der Waals surface area contributed by atoms with Crippen molar-refractivity contribution in [1.82, 2.24) is 4.90 Å². The number of hydrogen-bond donors (Lipinski definition) is 1. The minimum absolute atomic E-state index is 0.0508. The van der Waals surface area contributed by atoms with Crippen LogP contribution < -0.4 is 19.5 Å². The molecule has 0 saturated carbocycles. The molecule has 3 rings (SSSR count). The van der Waals surface area contributed by atoms with Gasteiger partial charge in [0.2, 0.25) is 5.75 Å². The molecule has 1 aliphatic rings. The fourth-order valence-corrected chi connectivity index (χ4v) is 3.70. The Balaban J connectivity index is 1.70. The molecule has 0 radical (unpaired) electrons. The number of nitrogens with zero attached hydrogens (tertiary/aromatic N) is 1. The number of anilines is 1. The maximum atomic E-state index is 13.2. The number of amides is 1. The van der Waals surface area contributed by atoms with E-state index in [1.165, 1.54) is 12.1 Å². The van der Waals surface area contributed by atoms with Crippen molar-refractivity contribution in [3.8, 4) is 17.2 Å². The van der Waals surface area contributed by atoms with Crippen molar-refractivity contribution in [1.29, 1.82) is 0 Å². The van der Waals surface area contributed by atoms with E-state index in [0.717, 1.165) is 18.5 Å². The van der Waals surface area contributed by atoms with Crippen LogP contribution in [0.25, 0.3) is 0 Å². The molecule has 0 aliphatic carbocycles. The van der Waals surface area contributed by atoms with Gasteiger partial charge in [-0.1, -0.05) is 0 Å². The van der Waals surface area contributed by atoms with Crippen LogP contribution in [-0.2, 0) is 0 Å². The summed E-state index contributed by atoms with van der Waals surface area (Å²) in [5.41, 5.74) is 1.42. The van der Waals surface area contributed by atoms with Gasteiger partial charge in [0.05, 0.1) is 19.8 Å². The number of benzene rings is 2. The number of hydrogen-bond acceptors (Lipinski definition) is 5. The van der Waals surface area contributed by atoms with Gasteiger partial charge in [-0.2, -0.15) is 0 Å². The van der Waals surface area contributed by atoms with Crippen molar-refractivity contribution in [2.24, 2.45) is 0 Å². The second-order valence-corrected chi connectivity index (χ2v) is 7.32. The lowest BCUT2D eigenvalue weighted by Crippen LogP contribution is -2.42. The molecule has 1 saturated heterocycles. The molecule has 1 heterocycles. The number of rotatable bonds is 9. The smallest absolute Gasteiger partial charge is 0.254 e. The lowest BCUT2D eigenvalue weighted by Gasteiger charge is -2.33. The first-order chi connectivity index (χ1) is 15.0. The molecule has 1 fully saturated rings.